The molecule has 0 atom stereocenters. The van der Waals surface area contributed by atoms with Crippen LogP contribution >= 0.6 is 11.8 Å². The molecule has 82 valence electrons. The van der Waals surface area contributed by atoms with Crippen LogP contribution in [0.3, 0.4) is 0 Å². The topological polar surface area (TPSA) is 33.1 Å². The third-order valence-electron chi connectivity index (χ3n) is 2.02. The van der Waals surface area contributed by atoms with E-state index in [0.29, 0.717) is 5.75 Å². The average molecular weight is 235 g/mol. The predicted octanol–water partition coefficient (Wildman–Crippen LogP) is 3.22. The molecule has 0 amide bonds. The van der Waals surface area contributed by atoms with E-state index in [1.807, 2.05) is 12.1 Å². The van der Waals surface area contributed by atoms with Crippen LogP contribution in [0.15, 0.2) is 47.6 Å². The minimum Gasteiger partial charge on any atom is -0.507 e. The van der Waals surface area contributed by atoms with Crippen LogP contribution in [0.5, 0.6) is 5.75 Å². The number of pyridine rings is 1. The van der Waals surface area contributed by atoms with Crippen molar-refractivity contribution in [2.75, 3.05) is 0 Å². The molecule has 0 spiro atoms. The van der Waals surface area contributed by atoms with Gasteiger partial charge in [0.2, 0.25) is 0 Å². The standard InChI is InChI=1S/C12H10FNOS/c13-10-5-9(6-14-7-10)8-16-12-4-2-1-3-11(12)15/h1-7,15H,8H2. The van der Waals surface area contributed by atoms with Crippen LogP contribution in [-0.4, -0.2) is 10.1 Å². The molecule has 0 aliphatic rings. The van der Waals surface area contributed by atoms with E-state index in [0.717, 1.165) is 10.5 Å². The monoisotopic (exact) mass is 235 g/mol. The highest BCUT2D eigenvalue weighted by Crippen LogP contribution is 2.30. The molecule has 2 aromatic rings. The minimum absolute atomic E-state index is 0.247. The molecule has 1 aromatic heterocycles. The van der Waals surface area contributed by atoms with E-state index >= 15 is 0 Å². The first-order valence-corrected chi connectivity index (χ1v) is 5.74. The Labute approximate surface area is 97.2 Å². The van der Waals surface area contributed by atoms with Crippen LogP contribution in [-0.2, 0) is 5.75 Å². The van der Waals surface area contributed by atoms with Gasteiger partial charge in [0.15, 0.2) is 0 Å². The van der Waals surface area contributed by atoms with Gasteiger partial charge in [-0.15, -0.1) is 11.8 Å². The van der Waals surface area contributed by atoms with Gasteiger partial charge < -0.3 is 5.11 Å². The summed E-state index contributed by atoms with van der Waals surface area (Å²) < 4.78 is 12.9. The molecule has 0 bridgehead atoms. The molecule has 0 fully saturated rings. The molecule has 1 heterocycles. The lowest BCUT2D eigenvalue weighted by molar-refractivity contribution is 0.462. The van der Waals surface area contributed by atoms with Crippen LogP contribution in [0.4, 0.5) is 4.39 Å². The Balaban J connectivity index is 2.05. The summed E-state index contributed by atoms with van der Waals surface area (Å²) in [5, 5.41) is 9.53. The normalized spacial score (nSPS) is 10.3. The van der Waals surface area contributed by atoms with E-state index < -0.39 is 0 Å². The molecule has 2 nitrogen and oxygen atoms in total. The fourth-order valence-electron chi connectivity index (χ4n) is 1.28. The molecule has 0 aliphatic heterocycles. The van der Waals surface area contributed by atoms with Crippen LogP contribution in [0.25, 0.3) is 0 Å². The summed E-state index contributed by atoms with van der Waals surface area (Å²) in [6.45, 7) is 0. The fraction of sp³-hybridized carbons (Fsp3) is 0.0833. The second kappa shape index (κ2) is 4.99. The SMILES string of the molecule is Oc1ccccc1SCc1cncc(F)c1. The molecule has 2 rings (SSSR count). The summed E-state index contributed by atoms with van der Waals surface area (Å²) in [6.07, 6.45) is 2.80. The number of halogens is 1. The van der Waals surface area contributed by atoms with E-state index in [-0.39, 0.29) is 11.6 Å². The molecule has 0 saturated heterocycles. The van der Waals surface area contributed by atoms with Gasteiger partial charge in [0.25, 0.3) is 0 Å². The lowest BCUT2D eigenvalue weighted by Gasteiger charge is -2.03. The molecule has 16 heavy (non-hydrogen) atoms. The Morgan fingerprint density at radius 3 is 2.81 bits per heavy atom. The predicted molar refractivity (Wildman–Crippen MR) is 61.9 cm³/mol. The van der Waals surface area contributed by atoms with Crippen molar-refractivity contribution in [3.05, 3.63) is 54.1 Å². The quantitative estimate of drug-likeness (QED) is 0.829. The smallest absolute Gasteiger partial charge is 0.141 e. The molecule has 0 aliphatic carbocycles. The maximum atomic E-state index is 12.9. The van der Waals surface area contributed by atoms with Crippen molar-refractivity contribution in [1.82, 2.24) is 4.98 Å². The van der Waals surface area contributed by atoms with Gasteiger partial charge in [0.1, 0.15) is 11.6 Å². The van der Waals surface area contributed by atoms with E-state index in [2.05, 4.69) is 4.98 Å². The van der Waals surface area contributed by atoms with Crippen molar-refractivity contribution in [2.45, 2.75) is 10.6 Å². The van der Waals surface area contributed by atoms with Crippen LogP contribution in [0.2, 0.25) is 0 Å². The largest absolute Gasteiger partial charge is 0.507 e. The molecular weight excluding hydrogens is 225 g/mol. The highest BCUT2D eigenvalue weighted by Gasteiger charge is 2.02. The Morgan fingerprint density at radius 1 is 1.25 bits per heavy atom. The number of para-hydroxylation sites is 1. The summed E-state index contributed by atoms with van der Waals surface area (Å²) in [4.78, 5) is 4.55. The van der Waals surface area contributed by atoms with Crippen molar-refractivity contribution in [1.29, 1.82) is 0 Å². The molecule has 0 radical (unpaired) electrons. The Morgan fingerprint density at radius 2 is 2.06 bits per heavy atom. The maximum Gasteiger partial charge on any atom is 0.141 e. The third kappa shape index (κ3) is 2.73. The van der Waals surface area contributed by atoms with Gasteiger partial charge in [0.05, 0.1) is 6.20 Å². The van der Waals surface area contributed by atoms with Crippen LogP contribution in [0.1, 0.15) is 5.56 Å². The molecule has 0 saturated carbocycles. The lowest BCUT2D eigenvalue weighted by Crippen LogP contribution is -1.85. The molecular formula is C12H10FNOS. The van der Waals surface area contributed by atoms with Crippen LogP contribution < -0.4 is 0 Å². The highest BCUT2D eigenvalue weighted by atomic mass is 32.2. The fourth-order valence-corrected chi connectivity index (χ4v) is 2.15. The van der Waals surface area contributed by atoms with Gasteiger partial charge in [-0.1, -0.05) is 12.1 Å². The highest BCUT2D eigenvalue weighted by molar-refractivity contribution is 7.98. The number of rotatable bonds is 3. The first-order chi connectivity index (χ1) is 7.75. The zero-order valence-electron chi connectivity index (χ0n) is 8.43. The number of hydrogen-bond donors (Lipinski definition) is 1. The Hall–Kier alpha value is -1.55. The van der Waals surface area contributed by atoms with Gasteiger partial charge >= 0.3 is 0 Å². The summed E-state index contributed by atoms with van der Waals surface area (Å²) in [5.74, 6) is 0.495. The average Bonchev–Trinajstić information content (AvgIpc) is 2.28. The number of aromatic nitrogens is 1. The molecule has 1 aromatic carbocycles. The van der Waals surface area contributed by atoms with Crippen LogP contribution in [0, 0.1) is 5.82 Å². The van der Waals surface area contributed by atoms with E-state index in [1.165, 1.54) is 24.0 Å². The van der Waals surface area contributed by atoms with E-state index in [9.17, 15) is 9.50 Å². The Kier molecular flexibility index (Phi) is 3.41. The lowest BCUT2D eigenvalue weighted by atomic mass is 10.3. The van der Waals surface area contributed by atoms with Crippen molar-refractivity contribution < 1.29 is 9.50 Å². The number of aromatic hydroxyl groups is 1. The first-order valence-electron chi connectivity index (χ1n) is 4.76. The number of thioether (sulfide) groups is 1. The molecule has 4 heteroatoms. The van der Waals surface area contributed by atoms with Crippen molar-refractivity contribution in [3.8, 4) is 5.75 Å². The number of hydrogen-bond acceptors (Lipinski definition) is 3. The second-order valence-electron chi connectivity index (χ2n) is 3.27. The van der Waals surface area contributed by atoms with Gasteiger partial charge in [0, 0.05) is 16.8 Å². The summed E-state index contributed by atoms with van der Waals surface area (Å²) >= 11 is 1.45. The van der Waals surface area contributed by atoms with Crippen molar-refractivity contribution in [3.63, 3.8) is 0 Å². The van der Waals surface area contributed by atoms with Gasteiger partial charge in [-0.2, -0.15) is 0 Å². The molecule has 0 unspecified atom stereocenters. The van der Waals surface area contributed by atoms with Gasteiger partial charge in [-0.25, -0.2) is 4.39 Å². The first kappa shape index (κ1) is 11.0. The third-order valence-corrected chi connectivity index (χ3v) is 3.15. The van der Waals surface area contributed by atoms with E-state index in [1.54, 1.807) is 18.3 Å². The number of nitrogens with zero attached hydrogens (tertiary/aromatic N) is 1. The van der Waals surface area contributed by atoms with Crippen molar-refractivity contribution in [2.24, 2.45) is 0 Å². The summed E-state index contributed by atoms with van der Waals surface area (Å²) in [7, 11) is 0. The summed E-state index contributed by atoms with van der Waals surface area (Å²) in [5.41, 5.74) is 0.799. The maximum absolute atomic E-state index is 12.9. The summed E-state index contributed by atoms with van der Waals surface area (Å²) in [6, 6.07) is 8.52. The zero-order chi connectivity index (χ0) is 11.4. The number of phenolic OH excluding ortho intramolecular Hbond substituents is 1. The van der Waals surface area contributed by atoms with Gasteiger partial charge in [-0.05, 0) is 23.8 Å². The van der Waals surface area contributed by atoms with Gasteiger partial charge in [-0.3, -0.25) is 4.98 Å². The zero-order valence-corrected chi connectivity index (χ0v) is 9.25. The minimum atomic E-state index is -0.338. The molecule has 1 N–H and O–H groups in total. The Bertz CT molecular complexity index is 490. The number of benzene rings is 1. The van der Waals surface area contributed by atoms with Crippen molar-refractivity contribution >= 4 is 11.8 Å². The number of phenols is 1. The van der Waals surface area contributed by atoms with E-state index in [4.69, 9.17) is 0 Å². The second-order valence-corrected chi connectivity index (χ2v) is 4.28.